The van der Waals surface area contributed by atoms with E-state index in [-0.39, 0.29) is 22.6 Å². The van der Waals surface area contributed by atoms with Crippen LogP contribution in [0.15, 0.2) is 83.0 Å². The molecular formula is C23H15BrN3O6-. The van der Waals surface area contributed by atoms with E-state index in [4.69, 9.17) is 0 Å². The molecule has 0 fully saturated rings. The van der Waals surface area contributed by atoms with Gasteiger partial charge in [-0.05, 0) is 69.5 Å². The number of nitrogens with zero attached hydrogens (tertiary/aromatic N) is 1. The van der Waals surface area contributed by atoms with Gasteiger partial charge in [-0.3, -0.25) is 19.7 Å². The molecule has 3 rings (SSSR count). The van der Waals surface area contributed by atoms with Gasteiger partial charge in [-0.1, -0.05) is 24.3 Å². The van der Waals surface area contributed by atoms with Crippen LogP contribution in [0, 0.1) is 10.1 Å². The van der Waals surface area contributed by atoms with E-state index in [0.717, 1.165) is 0 Å². The minimum absolute atomic E-state index is 0.0584. The largest absolute Gasteiger partial charge is 0.545 e. The number of non-ortho nitro benzene ring substituents is 1. The lowest BCUT2D eigenvalue weighted by atomic mass is 10.1. The van der Waals surface area contributed by atoms with Crippen molar-refractivity contribution < 1.29 is 24.4 Å². The second-order valence-electron chi connectivity index (χ2n) is 6.66. The zero-order valence-electron chi connectivity index (χ0n) is 16.8. The smallest absolute Gasteiger partial charge is 0.272 e. The molecule has 3 aromatic carbocycles. The average Bonchev–Trinajstić information content (AvgIpc) is 2.79. The summed E-state index contributed by atoms with van der Waals surface area (Å²) in [5.41, 5.74) is 0.701. The Morgan fingerprint density at radius 1 is 0.909 bits per heavy atom. The summed E-state index contributed by atoms with van der Waals surface area (Å²) in [7, 11) is 0. The van der Waals surface area contributed by atoms with E-state index in [2.05, 4.69) is 26.6 Å². The number of nitro groups is 1. The number of carboxylic acids is 1. The summed E-state index contributed by atoms with van der Waals surface area (Å²) in [6.45, 7) is 0. The molecule has 166 valence electrons. The highest BCUT2D eigenvalue weighted by molar-refractivity contribution is 9.10. The zero-order valence-corrected chi connectivity index (χ0v) is 18.4. The molecule has 2 N–H and O–H groups in total. The molecule has 0 spiro atoms. The third-order valence-electron chi connectivity index (χ3n) is 4.40. The number of carbonyl (C=O) groups excluding carboxylic acids is 3. The number of anilines is 1. The van der Waals surface area contributed by atoms with Gasteiger partial charge < -0.3 is 20.5 Å². The lowest BCUT2D eigenvalue weighted by molar-refractivity contribution is -0.384. The molecule has 0 aliphatic rings. The fourth-order valence-electron chi connectivity index (χ4n) is 2.74. The topological polar surface area (TPSA) is 141 Å². The Morgan fingerprint density at radius 3 is 2.12 bits per heavy atom. The normalized spacial score (nSPS) is 10.9. The van der Waals surface area contributed by atoms with Crippen molar-refractivity contribution >= 4 is 51.2 Å². The van der Waals surface area contributed by atoms with Gasteiger partial charge in [0.25, 0.3) is 17.5 Å². The zero-order chi connectivity index (χ0) is 24.0. The highest BCUT2D eigenvalue weighted by Gasteiger charge is 2.17. The van der Waals surface area contributed by atoms with Crippen LogP contribution in [0.1, 0.15) is 26.3 Å². The van der Waals surface area contributed by atoms with Crippen LogP contribution in [0.25, 0.3) is 6.08 Å². The fraction of sp³-hybridized carbons (Fsp3) is 0. The number of aromatic carboxylic acids is 1. The maximum Gasteiger partial charge on any atom is 0.272 e. The maximum atomic E-state index is 12.9. The summed E-state index contributed by atoms with van der Waals surface area (Å²) in [6.07, 6.45) is 1.36. The molecule has 9 nitrogen and oxygen atoms in total. The van der Waals surface area contributed by atoms with Crippen molar-refractivity contribution in [3.63, 3.8) is 0 Å². The van der Waals surface area contributed by atoms with Crippen molar-refractivity contribution in [3.8, 4) is 0 Å². The first-order valence-electron chi connectivity index (χ1n) is 9.39. The molecule has 0 bridgehead atoms. The Labute approximate surface area is 196 Å². The van der Waals surface area contributed by atoms with Crippen LogP contribution in [0.2, 0.25) is 0 Å². The van der Waals surface area contributed by atoms with E-state index < -0.39 is 22.7 Å². The number of halogens is 1. The van der Waals surface area contributed by atoms with Crippen molar-refractivity contribution in [1.29, 1.82) is 0 Å². The van der Waals surface area contributed by atoms with Gasteiger partial charge in [0.15, 0.2) is 0 Å². The number of amides is 2. The lowest BCUT2D eigenvalue weighted by Crippen LogP contribution is -2.31. The van der Waals surface area contributed by atoms with Gasteiger partial charge in [-0.2, -0.15) is 0 Å². The molecule has 0 unspecified atom stereocenters. The Balaban J connectivity index is 1.90. The predicted octanol–water partition coefficient (Wildman–Crippen LogP) is 3.13. The van der Waals surface area contributed by atoms with E-state index in [0.29, 0.717) is 15.6 Å². The minimum Gasteiger partial charge on any atom is -0.545 e. The predicted molar refractivity (Wildman–Crippen MR) is 122 cm³/mol. The van der Waals surface area contributed by atoms with Crippen LogP contribution >= 0.6 is 15.9 Å². The van der Waals surface area contributed by atoms with Gasteiger partial charge in [0.1, 0.15) is 5.70 Å². The standard InChI is InChI=1S/C23H16BrN3O6/c24-19-4-2-1-3-18(19)21(28)26-20(13-14-5-11-17(12-6-14)27(32)33)22(29)25-16-9-7-15(8-10-16)23(30)31/h1-13H,(H,25,29)(H,26,28)(H,30,31)/p-1/b20-13+. The van der Waals surface area contributed by atoms with Crippen LogP contribution < -0.4 is 15.7 Å². The fourth-order valence-corrected chi connectivity index (χ4v) is 3.21. The minimum atomic E-state index is -1.35. The molecule has 0 atom stereocenters. The number of benzene rings is 3. The number of nitrogens with one attached hydrogen (secondary N) is 2. The first kappa shape index (κ1) is 23.4. The third kappa shape index (κ3) is 6.11. The van der Waals surface area contributed by atoms with Crippen LogP contribution in [-0.2, 0) is 4.79 Å². The molecule has 0 radical (unpaired) electrons. The van der Waals surface area contributed by atoms with Crippen molar-refractivity contribution in [2.75, 3.05) is 5.32 Å². The average molecular weight is 509 g/mol. The van der Waals surface area contributed by atoms with Gasteiger partial charge in [-0.15, -0.1) is 0 Å². The van der Waals surface area contributed by atoms with Gasteiger partial charge in [0.05, 0.1) is 16.5 Å². The Morgan fingerprint density at radius 2 is 1.55 bits per heavy atom. The van der Waals surface area contributed by atoms with Crippen LogP contribution in [-0.4, -0.2) is 22.7 Å². The van der Waals surface area contributed by atoms with E-state index in [9.17, 15) is 29.6 Å². The van der Waals surface area contributed by atoms with Crippen molar-refractivity contribution in [2.45, 2.75) is 0 Å². The molecule has 33 heavy (non-hydrogen) atoms. The molecular weight excluding hydrogens is 494 g/mol. The summed E-state index contributed by atoms with van der Waals surface area (Å²) in [5.74, 6) is -2.60. The quantitative estimate of drug-likeness (QED) is 0.285. The molecule has 0 saturated carbocycles. The van der Waals surface area contributed by atoms with Gasteiger partial charge >= 0.3 is 0 Å². The Bertz CT molecular complexity index is 1250. The summed E-state index contributed by atoms with van der Waals surface area (Å²) in [6, 6.07) is 17.3. The first-order chi connectivity index (χ1) is 15.7. The molecule has 0 heterocycles. The maximum absolute atomic E-state index is 12.9. The lowest BCUT2D eigenvalue weighted by Gasteiger charge is -2.12. The molecule has 0 aliphatic heterocycles. The van der Waals surface area contributed by atoms with Crippen LogP contribution in [0.3, 0.4) is 0 Å². The van der Waals surface area contributed by atoms with Gasteiger partial charge in [0.2, 0.25) is 0 Å². The van der Waals surface area contributed by atoms with Crippen molar-refractivity contribution in [3.05, 3.63) is 110 Å². The number of hydrogen-bond donors (Lipinski definition) is 2. The Kier molecular flexibility index (Phi) is 7.31. The van der Waals surface area contributed by atoms with Crippen molar-refractivity contribution in [2.24, 2.45) is 0 Å². The third-order valence-corrected chi connectivity index (χ3v) is 5.10. The number of rotatable bonds is 7. The van der Waals surface area contributed by atoms with Crippen LogP contribution in [0.4, 0.5) is 11.4 Å². The SMILES string of the molecule is O=C(Nc1ccc(C(=O)[O-])cc1)/C(=C\c1ccc([N+](=O)[O-])cc1)NC(=O)c1ccccc1Br. The first-order valence-corrected chi connectivity index (χ1v) is 10.2. The molecule has 0 aromatic heterocycles. The molecule has 0 saturated heterocycles. The van der Waals surface area contributed by atoms with E-state index in [1.54, 1.807) is 24.3 Å². The highest BCUT2D eigenvalue weighted by atomic mass is 79.9. The second-order valence-corrected chi connectivity index (χ2v) is 7.51. The van der Waals surface area contributed by atoms with E-state index in [1.807, 2.05) is 0 Å². The number of nitro benzene ring substituents is 1. The number of carbonyl (C=O) groups is 3. The number of hydrogen-bond acceptors (Lipinski definition) is 6. The highest BCUT2D eigenvalue weighted by Crippen LogP contribution is 2.18. The monoisotopic (exact) mass is 508 g/mol. The number of carboxylic acid groups (broad SMARTS) is 1. The molecule has 3 aromatic rings. The summed E-state index contributed by atoms with van der Waals surface area (Å²) < 4.78 is 0.524. The Hall–Kier alpha value is -4.31. The van der Waals surface area contributed by atoms with E-state index >= 15 is 0 Å². The summed E-state index contributed by atoms with van der Waals surface area (Å²) >= 11 is 3.29. The van der Waals surface area contributed by atoms with Gasteiger partial charge in [-0.25, -0.2) is 0 Å². The van der Waals surface area contributed by atoms with Gasteiger partial charge in [0, 0.05) is 22.3 Å². The summed E-state index contributed by atoms with van der Waals surface area (Å²) in [4.78, 5) is 46.9. The molecule has 2 amide bonds. The molecule has 10 heteroatoms. The van der Waals surface area contributed by atoms with Crippen LogP contribution in [0.5, 0.6) is 0 Å². The molecule has 0 aliphatic carbocycles. The second kappa shape index (κ2) is 10.3. The summed E-state index contributed by atoms with van der Waals surface area (Å²) in [5, 5.41) is 26.9. The van der Waals surface area contributed by atoms with E-state index in [1.165, 1.54) is 54.6 Å². The van der Waals surface area contributed by atoms with Crippen molar-refractivity contribution in [1.82, 2.24) is 5.32 Å².